The van der Waals surface area contributed by atoms with Crippen molar-refractivity contribution in [2.75, 3.05) is 0 Å². The lowest BCUT2D eigenvalue weighted by atomic mass is 9.80. The maximum Gasteiger partial charge on any atom is 0.0958 e. The first-order chi connectivity index (χ1) is 8.38. The van der Waals surface area contributed by atoms with Crippen molar-refractivity contribution in [2.24, 2.45) is 11.8 Å². The summed E-state index contributed by atoms with van der Waals surface area (Å²) in [6.45, 7) is 0.904. The van der Waals surface area contributed by atoms with Gasteiger partial charge in [-0.3, -0.25) is 11.3 Å². The van der Waals surface area contributed by atoms with Crippen LogP contribution in [0, 0.1) is 5.92 Å². The molecule has 1 aliphatic carbocycles. The molecule has 0 bridgehead atoms. The molecular formula is C13H18N4. The number of hydrogen-bond acceptors (Lipinski definition) is 3. The standard InChI is InChI=1S/C13H18N4/c14-16-12(10-4-3-5-10)8-17-9-15-11-6-1-2-7-13(11)17/h1-2,6-7,9-10,12,16H,3-5,8,14H2. The third-order valence-corrected chi connectivity index (χ3v) is 3.85. The van der Waals surface area contributed by atoms with E-state index in [0.29, 0.717) is 6.04 Å². The molecule has 0 radical (unpaired) electrons. The second-order valence-electron chi connectivity index (χ2n) is 4.85. The minimum Gasteiger partial charge on any atom is -0.329 e. The number of rotatable bonds is 4. The van der Waals surface area contributed by atoms with E-state index in [0.717, 1.165) is 18.0 Å². The number of nitrogens with zero attached hydrogens (tertiary/aromatic N) is 2. The average molecular weight is 230 g/mol. The first kappa shape index (κ1) is 10.7. The molecule has 90 valence electrons. The molecule has 1 aliphatic rings. The summed E-state index contributed by atoms with van der Waals surface area (Å²) in [5.74, 6) is 6.38. The lowest BCUT2D eigenvalue weighted by molar-refractivity contribution is 0.213. The molecule has 1 atom stereocenters. The van der Waals surface area contributed by atoms with Crippen molar-refractivity contribution in [1.82, 2.24) is 15.0 Å². The van der Waals surface area contributed by atoms with Gasteiger partial charge in [0.05, 0.1) is 17.4 Å². The first-order valence-corrected chi connectivity index (χ1v) is 6.24. The van der Waals surface area contributed by atoms with Gasteiger partial charge in [0.25, 0.3) is 0 Å². The molecule has 4 heteroatoms. The van der Waals surface area contributed by atoms with Crippen LogP contribution < -0.4 is 11.3 Å². The van der Waals surface area contributed by atoms with Gasteiger partial charge in [0.2, 0.25) is 0 Å². The molecule has 4 nitrogen and oxygen atoms in total. The molecule has 0 spiro atoms. The van der Waals surface area contributed by atoms with Crippen LogP contribution in [-0.2, 0) is 6.54 Å². The van der Waals surface area contributed by atoms with Crippen molar-refractivity contribution < 1.29 is 0 Å². The summed E-state index contributed by atoms with van der Waals surface area (Å²) in [4.78, 5) is 4.40. The molecule has 0 aliphatic heterocycles. The molecule has 1 heterocycles. The van der Waals surface area contributed by atoms with Gasteiger partial charge in [0.1, 0.15) is 0 Å². The Morgan fingerprint density at radius 3 is 2.94 bits per heavy atom. The lowest BCUT2D eigenvalue weighted by Crippen LogP contribution is -2.46. The number of benzene rings is 1. The van der Waals surface area contributed by atoms with Gasteiger partial charge in [-0.15, -0.1) is 0 Å². The Morgan fingerprint density at radius 2 is 2.24 bits per heavy atom. The summed E-state index contributed by atoms with van der Waals surface area (Å²) < 4.78 is 2.19. The predicted octanol–water partition coefficient (Wildman–Crippen LogP) is 1.67. The van der Waals surface area contributed by atoms with Gasteiger partial charge < -0.3 is 4.57 Å². The zero-order chi connectivity index (χ0) is 11.7. The molecule has 1 fully saturated rings. The second-order valence-corrected chi connectivity index (χ2v) is 4.85. The zero-order valence-corrected chi connectivity index (χ0v) is 9.84. The highest BCUT2D eigenvalue weighted by Crippen LogP contribution is 2.30. The Labute approximate surface area is 101 Å². The van der Waals surface area contributed by atoms with E-state index >= 15 is 0 Å². The van der Waals surface area contributed by atoms with Crippen molar-refractivity contribution in [3.05, 3.63) is 30.6 Å². The number of hydrazine groups is 1. The largest absolute Gasteiger partial charge is 0.329 e. The number of imidazole rings is 1. The normalized spacial score (nSPS) is 18.2. The second kappa shape index (κ2) is 4.47. The van der Waals surface area contributed by atoms with Crippen LogP contribution in [0.3, 0.4) is 0 Å². The number of nitrogens with one attached hydrogen (secondary N) is 1. The molecule has 1 aromatic heterocycles. The molecule has 1 aromatic carbocycles. The molecule has 3 N–H and O–H groups in total. The van der Waals surface area contributed by atoms with Gasteiger partial charge in [0, 0.05) is 12.6 Å². The van der Waals surface area contributed by atoms with Crippen LogP contribution in [0.5, 0.6) is 0 Å². The van der Waals surface area contributed by atoms with E-state index in [1.54, 1.807) is 0 Å². The maximum absolute atomic E-state index is 5.66. The third-order valence-electron chi connectivity index (χ3n) is 3.85. The van der Waals surface area contributed by atoms with E-state index in [1.807, 2.05) is 18.5 Å². The Kier molecular flexibility index (Phi) is 2.82. The van der Waals surface area contributed by atoms with E-state index in [1.165, 1.54) is 24.8 Å². The molecule has 0 amide bonds. The van der Waals surface area contributed by atoms with Crippen molar-refractivity contribution in [3.63, 3.8) is 0 Å². The quantitative estimate of drug-likeness (QED) is 0.620. The highest BCUT2D eigenvalue weighted by Gasteiger charge is 2.26. The highest BCUT2D eigenvalue weighted by atomic mass is 15.3. The summed E-state index contributed by atoms with van der Waals surface area (Å²) in [6.07, 6.45) is 5.84. The number of hydrogen-bond donors (Lipinski definition) is 2. The minimum atomic E-state index is 0.362. The van der Waals surface area contributed by atoms with Crippen molar-refractivity contribution >= 4 is 11.0 Å². The molecule has 3 rings (SSSR count). The van der Waals surface area contributed by atoms with Crippen LogP contribution in [0.25, 0.3) is 11.0 Å². The Morgan fingerprint density at radius 1 is 1.41 bits per heavy atom. The number of nitrogens with two attached hydrogens (primary N) is 1. The molecular weight excluding hydrogens is 212 g/mol. The molecule has 2 aromatic rings. The summed E-state index contributed by atoms with van der Waals surface area (Å²) >= 11 is 0. The molecule has 1 saturated carbocycles. The van der Waals surface area contributed by atoms with E-state index in [-0.39, 0.29) is 0 Å². The fourth-order valence-electron chi connectivity index (χ4n) is 2.55. The van der Waals surface area contributed by atoms with Crippen LogP contribution in [0.15, 0.2) is 30.6 Å². The van der Waals surface area contributed by atoms with Gasteiger partial charge in [0.15, 0.2) is 0 Å². The predicted molar refractivity (Wildman–Crippen MR) is 68.2 cm³/mol. The Bertz CT molecular complexity index is 501. The van der Waals surface area contributed by atoms with Gasteiger partial charge in [-0.1, -0.05) is 18.6 Å². The van der Waals surface area contributed by atoms with E-state index < -0.39 is 0 Å². The highest BCUT2D eigenvalue weighted by molar-refractivity contribution is 5.74. The number of para-hydroxylation sites is 2. The van der Waals surface area contributed by atoms with Gasteiger partial charge in [-0.05, 0) is 30.9 Å². The fraction of sp³-hybridized carbons (Fsp3) is 0.462. The topological polar surface area (TPSA) is 55.9 Å². The van der Waals surface area contributed by atoms with E-state index in [2.05, 4.69) is 27.1 Å². The lowest BCUT2D eigenvalue weighted by Gasteiger charge is -2.33. The van der Waals surface area contributed by atoms with Gasteiger partial charge >= 0.3 is 0 Å². The van der Waals surface area contributed by atoms with Gasteiger partial charge in [-0.2, -0.15) is 0 Å². The summed E-state index contributed by atoms with van der Waals surface area (Å²) in [5, 5.41) is 0. The van der Waals surface area contributed by atoms with Crippen LogP contribution in [0.4, 0.5) is 0 Å². The van der Waals surface area contributed by atoms with E-state index in [9.17, 15) is 0 Å². The van der Waals surface area contributed by atoms with Gasteiger partial charge in [-0.25, -0.2) is 4.98 Å². The van der Waals surface area contributed by atoms with Crippen LogP contribution in [0.2, 0.25) is 0 Å². The van der Waals surface area contributed by atoms with Crippen molar-refractivity contribution in [1.29, 1.82) is 0 Å². The first-order valence-electron chi connectivity index (χ1n) is 6.24. The van der Waals surface area contributed by atoms with Crippen LogP contribution in [-0.4, -0.2) is 15.6 Å². The summed E-state index contributed by atoms with van der Waals surface area (Å²) in [6, 6.07) is 8.58. The smallest absolute Gasteiger partial charge is 0.0958 e. The summed E-state index contributed by atoms with van der Waals surface area (Å²) in [5.41, 5.74) is 5.20. The third kappa shape index (κ3) is 1.94. The Hall–Kier alpha value is -1.39. The Balaban J connectivity index is 1.83. The van der Waals surface area contributed by atoms with E-state index in [4.69, 9.17) is 5.84 Å². The van der Waals surface area contributed by atoms with Crippen LogP contribution in [0.1, 0.15) is 19.3 Å². The SMILES string of the molecule is NNC(Cn1cnc2ccccc21)C1CCC1. The monoisotopic (exact) mass is 230 g/mol. The summed E-state index contributed by atoms with van der Waals surface area (Å²) in [7, 11) is 0. The minimum absolute atomic E-state index is 0.362. The number of fused-ring (bicyclic) bond motifs is 1. The van der Waals surface area contributed by atoms with Crippen LogP contribution >= 0.6 is 0 Å². The average Bonchev–Trinajstić information content (AvgIpc) is 2.69. The van der Waals surface area contributed by atoms with Crippen molar-refractivity contribution in [2.45, 2.75) is 31.8 Å². The van der Waals surface area contributed by atoms with Crippen molar-refractivity contribution in [3.8, 4) is 0 Å². The molecule has 0 saturated heterocycles. The molecule has 17 heavy (non-hydrogen) atoms. The maximum atomic E-state index is 5.66. The number of aromatic nitrogens is 2. The fourth-order valence-corrected chi connectivity index (χ4v) is 2.55. The molecule has 1 unspecified atom stereocenters. The zero-order valence-electron chi connectivity index (χ0n) is 9.84.